The van der Waals surface area contributed by atoms with E-state index in [9.17, 15) is 9.59 Å². The molecule has 0 saturated carbocycles. The number of carbonyl (C=O) groups excluding carboxylic acids is 2. The van der Waals surface area contributed by atoms with E-state index in [1.165, 1.54) is 4.90 Å². The predicted molar refractivity (Wildman–Crippen MR) is 60.4 cm³/mol. The van der Waals surface area contributed by atoms with Crippen LogP contribution in [0.4, 0.5) is 0 Å². The van der Waals surface area contributed by atoms with Crippen LogP contribution in [0.25, 0.3) is 0 Å². The second kappa shape index (κ2) is 5.73. The standard InChI is InChI=1S/C11H22N2O2/c1-11(2,3)7-6-10(15)13(5)8-9(14)12-4/h6-8H2,1-5H3,(H,12,14). The van der Waals surface area contributed by atoms with Crippen LogP contribution in [0.5, 0.6) is 0 Å². The number of likely N-dealkylation sites (N-methyl/N-ethyl adjacent to an activating group) is 2. The normalized spacial score (nSPS) is 11.0. The average Bonchev–Trinajstić information content (AvgIpc) is 2.12. The Morgan fingerprint density at radius 3 is 2.20 bits per heavy atom. The first kappa shape index (κ1) is 13.9. The van der Waals surface area contributed by atoms with Crippen LogP contribution in [0.3, 0.4) is 0 Å². The molecule has 4 heteroatoms. The first-order valence-electron chi connectivity index (χ1n) is 5.21. The molecule has 0 rings (SSSR count). The molecule has 2 amide bonds. The molecule has 0 spiro atoms. The Balaban J connectivity index is 3.95. The maximum absolute atomic E-state index is 11.6. The molecule has 0 heterocycles. The topological polar surface area (TPSA) is 49.4 Å². The third kappa shape index (κ3) is 6.94. The summed E-state index contributed by atoms with van der Waals surface area (Å²) in [5.74, 6) is -0.116. The molecule has 0 aromatic heterocycles. The van der Waals surface area contributed by atoms with Gasteiger partial charge in [-0.15, -0.1) is 0 Å². The molecule has 1 N–H and O–H groups in total. The molecule has 0 fully saturated rings. The van der Waals surface area contributed by atoms with E-state index in [2.05, 4.69) is 26.1 Å². The lowest BCUT2D eigenvalue weighted by molar-refractivity contribution is -0.134. The highest BCUT2D eigenvalue weighted by Gasteiger charge is 2.16. The second-order valence-corrected chi connectivity index (χ2v) is 4.98. The quantitative estimate of drug-likeness (QED) is 0.759. The van der Waals surface area contributed by atoms with E-state index >= 15 is 0 Å². The van der Waals surface area contributed by atoms with Crippen molar-refractivity contribution in [3.8, 4) is 0 Å². The zero-order valence-electron chi connectivity index (χ0n) is 10.4. The van der Waals surface area contributed by atoms with E-state index in [4.69, 9.17) is 0 Å². The van der Waals surface area contributed by atoms with Crippen molar-refractivity contribution < 1.29 is 9.59 Å². The largest absolute Gasteiger partial charge is 0.358 e. The molecule has 0 saturated heterocycles. The zero-order valence-corrected chi connectivity index (χ0v) is 10.4. The number of hydrogen-bond donors (Lipinski definition) is 1. The number of carbonyl (C=O) groups is 2. The van der Waals surface area contributed by atoms with Gasteiger partial charge in [-0.25, -0.2) is 0 Å². The molecule has 88 valence electrons. The Hall–Kier alpha value is -1.06. The van der Waals surface area contributed by atoms with Crippen LogP contribution in [0, 0.1) is 5.41 Å². The van der Waals surface area contributed by atoms with Crippen LogP contribution < -0.4 is 5.32 Å². The summed E-state index contributed by atoms with van der Waals surface area (Å²) in [6, 6.07) is 0. The van der Waals surface area contributed by atoms with Gasteiger partial charge in [0.1, 0.15) is 0 Å². The molecular formula is C11H22N2O2. The van der Waals surface area contributed by atoms with Crippen molar-refractivity contribution >= 4 is 11.8 Å². The van der Waals surface area contributed by atoms with E-state index in [0.29, 0.717) is 6.42 Å². The van der Waals surface area contributed by atoms with Gasteiger partial charge < -0.3 is 10.2 Å². The van der Waals surface area contributed by atoms with E-state index in [1.54, 1.807) is 14.1 Å². The minimum Gasteiger partial charge on any atom is -0.358 e. The highest BCUT2D eigenvalue weighted by atomic mass is 16.2. The lowest BCUT2D eigenvalue weighted by atomic mass is 9.90. The summed E-state index contributed by atoms with van der Waals surface area (Å²) in [6.45, 7) is 6.43. The Morgan fingerprint density at radius 2 is 1.80 bits per heavy atom. The fourth-order valence-corrected chi connectivity index (χ4v) is 1.06. The van der Waals surface area contributed by atoms with Gasteiger partial charge in [-0.1, -0.05) is 20.8 Å². The van der Waals surface area contributed by atoms with Gasteiger partial charge in [-0.05, 0) is 11.8 Å². The number of rotatable bonds is 4. The monoisotopic (exact) mass is 214 g/mol. The van der Waals surface area contributed by atoms with Crippen LogP contribution in [-0.2, 0) is 9.59 Å². The summed E-state index contributed by atoms with van der Waals surface area (Å²) in [4.78, 5) is 24.1. The highest BCUT2D eigenvalue weighted by molar-refractivity contribution is 5.84. The lowest BCUT2D eigenvalue weighted by Crippen LogP contribution is -2.37. The minimum absolute atomic E-state index is 0.0218. The minimum atomic E-state index is -0.137. The maximum Gasteiger partial charge on any atom is 0.239 e. The van der Waals surface area contributed by atoms with Crippen molar-refractivity contribution in [3.63, 3.8) is 0 Å². The Labute approximate surface area is 92.0 Å². The van der Waals surface area contributed by atoms with Gasteiger partial charge in [0.2, 0.25) is 11.8 Å². The molecule has 0 unspecified atom stereocenters. The number of nitrogens with zero attached hydrogens (tertiary/aromatic N) is 1. The van der Waals surface area contributed by atoms with Crippen molar-refractivity contribution in [1.29, 1.82) is 0 Å². The van der Waals surface area contributed by atoms with Crippen molar-refractivity contribution in [2.24, 2.45) is 5.41 Å². The fraction of sp³-hybridized carbons (Fsp3) is 0.818. The predicted octanol–water partition coefficient (Wildman–Crippen LogP) is 1.02. The molecule has 0 bridgehead atoms. The second-order valence-electron chi connectivity index (χ2n) is 4.98. The summed E-state index contributed by atoms with van der Waals surface area (Å²) in [7, 11) is 3.22. The van der Waals surface area contributed by atoms with Crippen molar-refractivity contribution in [3.05, 3.63) is 0 Å². The van der Waals surface area contributed by atoms with Crippen LogP contribution in [-0.4, -0.2) is 37.4 Å². The molecule has 15 heavy (non-hydrogen) atoms. The number of amides is 2. The van der Waals surface area contributed by atoms with Gasteiger partial charge >= 0.3 is 0 Å². The summed E-state index contributed by atoms with van der Waals surface area (Å²) >= 11 is 0. The molecule has 0 aliphatic carbocycles. The number of hydrogen-bond acceptors (Lipinski definition) is 2. The Morgan fingerprint density at radius 1 is 1.27 bits per heavy atom. The smallest absolute Gasteiger partial charge is 0.239 e. The summed E-state index contributed by atoms with van der Waals surface area (Å²) in [6.07, 6.45) is 1.33. The lowest BCUT2D eigenvalue weighted by Gasteiger charge is -2.20. The van der Waals surface area contributed by atoms with Crippen LogP contribution in [0.2, 0.25) is 0 Å². The average molecular weight is 214 g/mol. The van der Waals surface area contributed by atoms with Gasteiger partial charge in [-0.3, -0.25) is 9.59 Å². The molecule has 0 atom stereocenters. The summed E-state index contributed by atoms with van der Waals surface area (Å²) in [5, 5.41) is 2.49. The molecule has 0 aromatic carbocycles. The van der Waals surface area contributed by atoms with Crippen molar-refractivity contribution in [2.45, 2.75) is 33.6 Å². The van der Waals surface area contributed by atoms with Crippen LogP contribution >= 0.6 is 0 Å². The van der Waals surface area contributed by atoms with Crippen LogP contribution in [0.1, 0.15) is 33.6 Å². The maximum atomic E-state index is 11.6. The molecule has 4 nitrogen and oxygen atoms in total. The molecule has 0 radical (unpaired) electrons. The third-order valence-electron chi connectivity index (χ3n) is 2.17. The molecule has 0 aliphatic rings. The summed E-state index contributed by atoms with van der Waals surface area (Å²) < 4.78 is 0. The third-order valence-corrected chi connectivity index (χ3v) is 2.17. The Kier molecular flexibility index (Phi) is 5.33. The van der Waals surface area contributed by atoms with Crippen molar-refractivity contribution in [1.82, 2.24) is 10.2 Å². The van der Waals surface area contributed by atoms with E-state index in [0.717, 1.165) is 6.42 Å². The molecule has 0 aliphatic heterocycles. The highest BCUT2D eigenvalue weighted by Crippen LogP contribution is 2.20. The SMILES string of the molecule is CNC(=O)CN(C)C(=O)CCC(C)(C)C. The van der Waals surface area contributed by atoms with Gasteiger partial charge in [0.05, 0.1) is 6.54 Å². The molecular weight excluding hydrogens is 192 g/mol. The van der Waals surface area contributed by atoms with Gasteiger partial charge in [0.15, 0.2) is 0 Å². The van der Waals surface area contributed by atoms with Gasteiger partial charge in [0.25, 0.3) is 0 Å². The zero-order chi connectivity index (χ0) is 12.1. The number of nitrogens with one attached hydrogen (secondary N) is 1. The first-order chi connectivity index (χ1) is 6.76. The Bertz CT molecular complexity index is 231. The fourth-order valence-electron chi connectivity index (χ4n) is 1.06. The van der Waals surface area contributed by atoms with E-state index in [1.807, 2.05) is 0 Å². The van der Waals surface area contributed by atoms with E-state index in [-0.39, 0.29) is 23.8 Å². The van der Waals surface area contributed by atoms with Crippen LogP contribution in [0.15, 0.2) is 0 Å². The van der Waals surface area contributed by atoms with Crippen molar-refractivity contribution in [2.75, 3.05) is 20.6 Å². The van der Waals surface area contributed by atoms with Gasteiger partial charge in [0, 0.05) is 20.5 Å². The summed E-state index contributed by atoms with van der Waals surface area (Å²) in [5.41, 5.74) is 0.156. The first-order valence-corrected chi connectivity index (χ1v) is 5.21. The van der Waals surface area contributed by atoms with E-state index < -0.39 is 0 Å². The molecule has 0 aromatic rings. The van der Waals surface area contributed by atoms with Gasteiger partial charge in [-0.2, -0.15) is 0 Å².